The highest BCUT2D eigenvalue weighted by Crippen LogP contribution is 2.32. The van der Waals surface area contributed by atoms with Crippen LogP contribution in [0.3, 0.4) is 0 Å². The molecule has 0 saturated heterocycles. The lowest BCUT2D eigenvalue weighted by Crippen LogP contribution is -2.09. The van der Waals surface area contributed by atoms with E-state index in [-0.39, 0.29) is 11.6 Å². The maximum absolute atomic E-state index is 13.1. The second-order valence-electron chi connectivity index (χ2n) is 3.55. The summed E-state index contributed by atoms with van der Waals surface area (Å²) in [5.41, 5.74) is -0.669. The average Bonchev–Trinajstić information content (AvgIpc) is 2.76. The van der Waals surface area contributed by atoms with Crippen LogP contribution in [-0.4, -0.2) is 9.78 Å². The first-order chi connectivity index (χ1) is 8.41. The predicted octanol–water partition coefficient (Wildman–Crippen LogP) is 3.77. The van der Waals surface area contributed by atoms with E-state index in [2.05, 4.69) is 5.10 Å². The third kappa shape index (κ3) is 2.48. The van der Waals surface area contributed by atoms with E-state index in [0.717, 1.165) is 6.07 Å². The molecule has 2 aromatic rings. The molecular formula is C11H7ClF4N2. The minimum absolute atomic E-state index is 0.125. The molecule has 2 nitrogen and oxygen atoms in total. The summed E-state index contributed by atoms with van der Waals surface area (Å²) in [4.78, 5) is 0. The molecule has 0 bridgehead atoms. The normalized spacial score (nSPS) is 11.8. The maximum atomic E-state index is 13.1. The average molecular weight is 279 g/mol. The van der Waals surface area contributed by atoms with Crippen LogP contribution in [0.1, 0.15) is 11.3 Å². The van der Waals surface area contributed by atoms with Gasteiger partial charge in [-0.1, -0.05) is 0 Å². The van der Waals surface area contributed by atoms with E-state index < -0.39 is 17.6 Å². The van der Waals surface area contributed by atoms with Crippen molar-refractivity contribution in [1.82, 2.24) is 9.78 Å². The van der Waals surface area contributed by atoms with Gasteiger partial charge in [0.05, 0.1) is 22.8 Å². The van der Waals surface area contributed by atoms with Gasteiger partial charge < -0.3 is 0 Å². The summed E-state index contributed by atoms with van der Waals surface area (Å²) in [7, 11) is 0. The zero-order valence-electron chi connectivity index (χ0n) is 8.88. The Hall–Kier alpha value is -1.56. The molecular weight excluding hydrogens is 272 g/mol. The Morgan fingerprint density at radius 1 is 1.22 bits per heavy atom. The van der Waals surface area contributed by atoms with E-state index in [4.69, 9.17) is 11.6 Å². The topological polar surface area (TPSA) is 17.8 Å². The van der Waals surface area contributed by atoms with Gasteiger partial charge >= 0.3 is 6.18 Å². The lowest BCUT2D eigenvalue weighted by molar-refractivity contribution is -0.140. The van der Waals surface area contributed by atoms with Crippen molar-refractivity contribution >= 4 is 11.6 Å². The van der Waals surface area contributed by atoms with Crippen molar-refractivity contribution < 1.29 is 17.6 Å². The van der Waals surface area contributed by atoms with E-state index in [0.29, 0.717) is 11.8 Å². The molecule has 1 aromatic carbocycles. The van der Waals surface area contributed by atoms with Gasteiger partial charge in [-0.05, 0) is 24.3 Å². The van der Waals surface area contributed by atoms with Gasteiger partial charge in [-0.25, -0.2) is 9.07 Å². The third-order valence-electron chi connectivity index (χ3n) is 2.30. The molecule has 7 heteroatoms. The van der Waals surface area contributed by atoms with E-state index in [1.807, 2.05) is 0 Å². The van der Waals surface area contributed by atoms with Crippen LogP contribution in [0, 0.1) is 5.82 Å². The van der Waals surface area contributed by atoms with Crippen molar-refractivity contribution in [3.63, 3.8) is 0 Å². The smallest absolute Gasteiger partial charge is 0.241 e. The van der Waals surface area contributed by atoms with Gasteiger partial charge in [0.25, 0.3) is 0 Å². The predicted molar refractivity (Wildman–Crippen MR) is 58.1 cm³/mol. The number of nitrogens with zero attached hydrogens (tertiary/aromatic N) is 2. The van der Waals surface area contributed by atoms with Crippen LogP contribution >= 0.6 is 11.6 Å². The quantitative estimate of drug-likeness (QED) is 0.604. The Morgan fingerprint density at radius 2 is 1.94 bits per heavy atom. The largest absolute Gasteiger partial charge is 0.419 e. The molecule has 0 atom stereocenters. The molecule has 0 unspecified atom stereocenters. The van der Waals surface area contributed by atoms with Crippen molar-refractivity contribution in [3.05, 3.63) is 47.5 Å². The van der Waals surface area contributed by atoms with Crippen LogP contribution in [-0.2, 0) is 12.1 Å². The summed E-state index contributed by atoms with van der Waals surface area (Å²) in [6.07, 6.45) is -3.27. The number of hydrogen-bond acceptors (Lipinski definition) is 1. The fourth-order valence-electron chi connectivity index (χ4n) is 1.45. The first kappa shape index (κ1) is 12.9. The number of rotatable bonds is 2. The molecule has 1 aromatic heterocycles. The van der Waals surface area contributed by atoms with Crippen molar-refractivity contribution in [2.75, 3.05) is 0 Å². The van der Waals surface area contributed by atoms with Crippen molar-refractivity contribution in [2.24, 2.45) is 0 Å². The van der Waals surface area contributed by atoms with E-state index in [9.17, 15) is 17.6 Å². The lowest BCUT2D eigenvalue weighted by Gasteiger charge is -2.10. The number of alkyl halides is 4. The highest BCUT2D eigenvalue weighted by molar-refractivity contribution is 6.16. The fourth-order valence-corrected chi connectivity index (χ4v) is 1.59. The summed E-state index contributed by atoms with van der Waals surface area (Å²) in [6.45, 7) is 0. The number of aromatic nitrogens is 2. The maximum Gasteiger partial charge on any atom is 0.419 e. The van der Waals surface area contributed by atoms with Gasteiger partial charge in [0.15, 0.2) is 0 Å². The van der Waals surface area contributed by atoms with Crippen LogP contribution in [0.4, 0.5) is 17.6 Å². The minimum atomic E-state index is -4.73. The zero-order valence-corrected chi connectivity index (χ0v) is 9.63. The Kier molecular flexibility index (Phi) is 3.30. The molecule has 1 heterocycles. The number of halogens is 5. The van der Waals surface area contributed by atoms with E-state index >= 15 is 0 Å². The molecule has 18 heavy (non-hydrogen) atoms. The monoisotopic (exact) mass is 278 g/mol. The van der Waals surface area contributed by atoms with Crippen LogP contribution in [0.15, 0.2) is 30.5 Å². The molecule has 0 fully saturated rings. The van der Waals surface area contributed by atoms with Gasteiger partial charge in [-0.15, -0.1) is 11.6 Å². The van der Waals surface area contributed by atoms with Crippen molar-refractivity contribution in [2.45, 2.75) is 12.1 Å². The van der Waals surface area contributed by atoms with Gasteiger partial charge in [0.2, 0.25) is 0 Å². The molecule has 0 aliphatic heterocycles. The molecule has 0 spiro atoms. The second kappa shape index (κ2) is 4.61. The standard InChI is InChI=1S/C11H7ClF4N2/c12-6-7-3-4-18(17-7)8-1-2-10(13)9(5-8)11(14,15)16/h1-5H,6H2. The van der Waals surface area contributed by atoms with Crippen LogP contribution in [0.5, 0.6) is 0 Å². The number of hydrogen-bond donors (Lipinski definition) is 0. The van der Waals surface area contributed by atoms with Gasteiger partial charge in [-0.3, -0.25) is 0 Å². The summed E-state index contributed by atoms with van der Waals surface area (Å²) in [5.74, 6) is -1.16. The van der Waals surface area contributed by atoms with Crippen LogP contribution < -0.4 is 0 Å². The van der Waals surface area contributed by atoms with Gasteiger partial charge in [0.1, 0.15) is 5.82 Å². The SMILES string of the molecule is Fc1ccc(-n2ccc(CCl)n2)cc1C(F)(F)F. The van der Waals surface area contributed by atoms with E-state index in [1.165, 1.54) is 16.9 Å². The molecule has 0 radical (unpaired) electrons. The second-order valence-corrected chi connectivity index (χ2v) is 3.81. The zero-order chi connectivity index (χ0) is 13.3. The Morgan fingerprint density at radius 3 is 2.50 bits per heavy atom. The molecule has 2 rings (SSSR count). The molecule has 0 amide bonds. The highest BCUT2D eigenvalue weighted by atomic mass is 35.5. The Balaban J connectivity index is 2.47. The van der Waals surface area contributed by atoms with Gasteiger partial charge in [-0.2, -0.15) is 18.3 Å². The van der Waals surface area contributed by atoms with Crippen molar-refractivity contribution in [3.8, 4) is 5.69 Å². The summed E-state index contributed by atoms with van der Waals surface area (Å²) >= 11 is 5.54. The third-order valence-corrected chi connectivity index (χ3v) is 2.57. The Bertz CT molecular complexity index is 562. The van der Waals surface area contributed by atoms with Crippen LogP contribution in [0.25, 0.3) is 5.69 Å². The molecule has 0 aliphatic carbocycles. The molecule has 0 aliphatic rings. The molecule has 0 N–H and O–H groups in total. The minimum Gasteiger partial charge on any atom is -0.241 e. The summed E-state index contributed by atoms with van der Waals surface area (Å²) in [5, 5.41) is 3.95. The fraction of sp³-hybridized carbons (Fsp3) is 0.182. The van der Waals surface area contributed by atoms with Gasteiger partial charge in [0, 0.05) is 6.20 Å². The molecule has 96 valence electrons. The van der Waals surface area contributed by atoms with Crippen LogP contribution in [0.2, 0.25) is 0 Å². The van der Waals surface area contributed by atoms with E-state index in [1.54, 1.807) is 6.07 Å². The summed E-state index contributed by atoms with van der Waals surface area (Å²) < 4.78 is 51.9. The first-order valence-electron chi connectivity index (χ1n) is 4.89. The highest BCUT2D eigenvalue weighted by Gasteiger charge is 2.34. The first-order valence-corrected chi connectivity index (χ1v) is 5.43. The number of benzene rings is 1. The van der Waals surface area contributed by atoms with Crippen molar-refractivity contribution in [1.29, 1.82) is 0 Å². The summed E-state index contributed by atoms with van der Waals surface area (Å²) in [6, 6.07) is 4.26. The molecule has 0 saturated carbocycles. The Labute approximate surface area is 105 Å². The lowest BCUT2D eigenvalue weighted by atomic mass is 10.2.